The molecule has 1 saturated carbocycles. The first-order valence-electron chi connectivity index (χ1n) is 11.1. The zero-order chi connectivity index (χ0) is 21.7. The van der Waals surface area contributed by atoms with E-state index in [1.807, 2.05) is 6.07 Å². The van der Waals surface area contributed by atoms with Crippen molar-refractivity contribution in [1.29, 1.82) is 0 Å². The van der Waals surface area contributed by atoms with Gasteiger partial charge in [0.25, 0.3) is 0 Å². The number of fused-ring (bicyclic) bond motifs is 1. The average Bonchev–Trinajstić information content (AvgIpc) is 3.51. The average molecular weight is 427 g/mol. The summed E-state index contributed by atoms with van der Waals surface area (Å²) in [7, 11) is 0. The molecule has 5 atom stereocenters. The monoisotopic (exact) mass is 426 g/mol. The van der Waals surface area contributed by atoms with Gasteiger partial charge in [0.1, 0.15) is 36.3 Å². The molecule has 0 radical (unpaired) electrons. The maximum atomic E-state index is 10.7. The van der Waals surface area contributed by atoms with Crippen LogP contribution < -0.4 is 4.74 Å². The van der Waals surface area contributed by atoms with Gasteiger partial charge in [0.15, 0.2) is 0 Å². The lowest BCUT2D eigenvalue weighted by molar-refractivity contribution is -0.231. The first kappa shape index (κ1) is 20.9. The highest BCUT2D eigenvalue weighted by atomic mass is 16.5. The highest BCUT2D eigenvalue weighted by Gasteiger charge is 2.45. The molecule has 2 heterocycles. The van der Waals surface area contributed by atoms with Crippen molar-refractivity contribution >= 4 is 0 Å². The van der Waals surface area contributed by atoms with Crippen LogP contribution in [0.2, 0.25) is 0 Å². The molecule has 6 nitrogen and oxygen atoms in total. The quantitative estimate of drug-likeness (QED) is 0.583. The van der Waals surface area contributed by atoms with Crippen LogP contribution >= 0.6 is 0 Å². The molecule has 0 aromatic heterocycles. The maximum Gasteiger partial charge on any atom is 0.126 e. The lowest BCUT2D eigenvalue weighted by Gasteiger charge is -2.41. The van der Waals surface area contributed by atoms with Gasteiger partial charge >= 0.3 is 0 Å². The van der Waals surface area contributed by atoms with Crippen molar-refractivity contribution in [3.8, 4) is 5.75 Å². The van der Waals surface area contributed by atoms with Gasteiger partial charge in [-0.2, -0.15) is 0 Å². The highest BCUT2D eigenvalue weighted by molar-refractivity contribution is 5.54. The third kappa shape index (κ3) is 3.77. The number of aliphatic hydroxyl groups excluding tert-OH is 4. The molecule has 1 aliphatic carbocycles. The van der Waals surface area contributed by atoms with Gasteiger partial charge < -0.3 is 29.9 Å². The van der Waals surface area contributed by atoms with Gasteiger partial charge in [-0.3, -0.25) is 0 Å². The second-order valence-corrected chi connectivity index (χ2v) is 9.10. The van der Waals surface area contributed by atoms with Crippen LogP contribution in [0.3, 0.4) is 0 Å². The summed E-state index contributed by atoms with van der Waals surface area (Å²) in [6.07, 6.45) is -1.86. The number of rotatable bonds is 5. The molecule has 0 bridgehead atoms. The van der Waals surface area contributed by atoms with Crippen LogP contribution in [0, 0.1) is 6.92 Å². The van der Waals surface area contributed by atoms with E-state index in [0.717, 1.165) is 40.3 Å². The Morgan fingerprint density at radius 3 is 2.42 bits per heavy atom. The molecule has 2 fully saturated rings. The van der Waals surface area contributed by atoms with Gasteiger partial charge in [-0.25, -0.2) is 0 Å². The molecule has 2 aromatic rings. The Morgan fingerprint density at radius 1 is 1.00 bits per heavy atom. The van der Waals surface area contributed by atoms with Gasteiger partial charge in [0.05, 0.1) is 13.2 Å². The van der Waals surface area contributed by atoms with E-state index < -0.39 is 37.1 Å². The third-order valence-corrected chi connectivity index (χ3v) is 6.99. The van der Waals surface area contributed by atoms with Gasteiger partial charge in [-0.15, -0.1) is 0 Å². The summed E-state index contributed by atoms with van der Waals surface area (Å²) in [6.45, 7) is 2.17. The smallest absolute Gasteiger partial charge is 0.126 e. The summed E-state index contributed by atoms with van der Waals surface area (Å²) >= 11 is 0. The molecular weight excluding hydrogens is 396 g/mol. The topological polar surface area (TPSA) is 99.4 Å². The van der Waals surface area contributed by atoms with Crippen LogP contribution in [0.1, 0.15) is 58.2 Å². The molecule has 5 rings (SSSR count). The predicted molar refractivity (Wildman–Crippen MR) is 114 cm³/mol. The molecule has 1 saturated heterocycles. The van der Waals surface area contributed by atoms with Crippen molar-refractivity contribution in [3.05, 3.63) is 63.7 Å². The number of ether oxygens (including phenoxy) is 2. The van der Waals surface area contributed by atoms with Crippen molar-refractivity contribution in [2.24, 2.45) is 0 Å². The van der Waals surface area contributed by atoms with Crippen LogP contribution in [-0.4, -0.2) is 58.1 Å². The molecule has 2 aliphatic heterocycles. The molecule has 0 spiro atoms. The van der Waals surface area contributed by atoms with Crippen molar-refractivity contribution < 1.29 is 29.9 Å². The lowest BCUT2D eigenvalue weighted by atomic mass is 9.85. The molecule has 2 aromatic carbocycles. The molecule has 3 aliphatic rings. The fourth-order valence-corrected chi connectivity index (χ4v) is 4.94. The maximum absolute atomic E-state index is 10.7. The fraction of sp³-hybridized carbons (Fsp3) is 0.520. The Balaban J connectivity index is 1.50. The predicted octanol–water partition coefficient (Wildman–Crippen LogP) is 1.91. The Kier molecular flexibility index (Phi) is 5.52. The number of hydrogen-bond acceptors (Lipinski definition) is 6. The van der Waals surface area contributed by atoms with E-state index >= 15 is 0 Å². The summed E-state index contributed by atoms with van der Waals surface area (Å²) in [5, 5.41) is 40.7. The van der Waals surface area contributed by atoms with Gasteiger partial charge in [0.2, 0.25) is 0 Å². The van der Waals surface area contributed by atoms with Gasteiger partial charge in [0, 0.05) is 12.0 Å². The Hall–Kier alpha value is -1.96. The molecule has 0 amide bonds. The Bertz CT molecular complexity index is 949. The zero-order valence-electron chi connectivity index (χ0n) is 17.7. The minimum absolute atomic E-state index is 0.438. The van der Waals surface area contributed by atoms with Crippen LogP contribution in [-0.2, 0) is 17.6 Å². The summed E-state index contributed by atoms with van der Waals surface area (Å²) < 4.78 is 11.8. The first-order chi connectivity index (χ1) is 15.0. The van der Waals surface area contributed by atoms with Crippen molar-refractivity contribution in [2.45, 2.75) is 69.0 Å². The number of aliphatic hydroxyl groups is 4. The standard InChI is InChI=1S/C25H30O6/c1-13-17(10-14-2-4-15(5-3-14)16-6-7-16)11-19(18-8-9-30-24(13)18)25-23(29)22(28)21(27)20(12-26)31-25/h2-5,11,16,20-23,25-29H,6-10,12H2,1H3. The molecule has 166 valence electrons. The third-order valence-electron chi connectivity index (χ3n) is 6.99. The second kappa shape index (κ2) is 8.19. The Morgan fingerprint density at radius 2 is 1.74 bits per heavy atom. The SMILES string of the molecule is Cc1c(Cc2ccc(C3CC3)cc2)cc(C2OC(CO)C(O)C(O)C2O)c2c1OCC2. The van der Waals surface area contributed by atoms with Crippen LogP contribution in [0.25, 0.3) is 0 Å². The highest BCUT2D eigenvalue weighted by Crippen LogP contribution is 2.43. The summed E-state index contributed by atoms with van der Waals surface area (Å²) in [5.74, 6) is 1.54. The molecular formula is C25H30O6. The van der Waals surface area contributed by atoms with Crippen LogP contribution in [0.4, 0.5) is 0 Å². The van der Waals surface area contributed by atoms with Gasteiger partial charge in [-0.1, -0.05) is 30.3 Å². The first-order valence-corrected chi connectivity index (χ1v) is 11.1. The van der Waals surface area contributed by atoms with E-state index in [1.54, 1.807) is 0 Å². The van der Waals surface area contributed by atoms with E-state index in [9.17, 15) is 20.4 Å². The number of benzene rings is 2. The van der Waals surface area contributed by atoms with Crippen molar-refractivity contribution in [2.75, 3.05) is 13.2 Å². The molecule has 6 heteroatoms. The van der Waals surface area contributed by atoms with Crippen LogP contribution in [0.15, 0.2) is 30.3 Å². The zero-order valence-corrected chi connectivity index (χ0v) is 17.7. The molecule has 5 unspecified atom stereocenters. The summed E-state index contributed by atoms with van der Waals surface area (Å²) in [5.41, 5.74) is 6.48. The van der Waals surface area contributed by atoms with E-state index in [4.69, 9.17) is 9.47 Å². The van der Waals surface area contributed by atoms with E-state index in [-0.39, 0.29) is 0 Å². The van der Waals surface area contributed by atoms with Crippen LogP contribution in [0.5, 0.6) is 5.75 Å². The summed E-state index contributed by atoms with van der Waals surface area (Å²) in [4.78, 5) is 0. The van der Waals surface area contributed by atoms with Crippen molar-refractivity contribution in [1.82, 2.24) is 0 Å². The second-order valence-electron chi connectivity index (χ2n) is 9.10. The lowest BCUT2D eigenvalue weighted by Crippen LogP contribution is -2.55. The molecule has 31 heavy (non-hydrogen) atoms. The number of hydrogen-bond donors (Lipinski definition) is 4. The van der Waals surface area contributed by atoms with E-state index in [1.165, 1.54) is 24.0 Å². The van der Waals surface area contributed by atoms with Crippen molar-refractivity contribution in [3.63, 3.8) is 0 Å². The normalized spacial score (nSPS) is 30.2. The van der Waals surface area contributed by atoms with E-state index in [0.29, 0.717) is 13.0 Å². The minimum Gasteiger partial charge on any atom is -0.493 e. The minimum atomic E-state index is -1.39. The fourth-order valence-electron chi connectivity index (χ4n) is 4.94. The van der Waals surface area contributed by atoms with Gasteiger partial charge in [-0.05, 0) is 59.9 Å². The Labute approximate surface area is 182 Å². The largest absolute Gasteiger partial charge is 0.493 e. The van der Waals surface area contributed by atoms with E-state index in [2.05, 4.69) is 31.2 Å². The molecule has 4 N–H and O–H groups in total. The summed E-state index contributed by atoms with van der Waals surface area (Å²) in [6, 6.07) is 10.8.